The fourth-order valence-corrected chi connectivity index (χ4v) is 2.24. The molecule has 0 aromatic carbocycles. The molecule has 0 aliphatic carbocycles. The lowest BCUT2D eigenvalue weighted by atomic mass is 9.91. The Labute approximate surface area is 105 Å². The van der Waals surface area contributed by atoms with E-state index in [9.17, 15) is 4.79 Å². The van der Waals surface area contributed by atoms with E-state index in [1.807, 2.05) is 0 Å². The molecule has 4 nitrogen and oxygen atoms in total. The zero-order valence-electron chi connectivity index (χ0n) is 11.5. The Morgan fingerprint density at radius 3 is 2.41 bits per heavy atom. The minimum atomic E-state index is 0.0737. The van der Waals surface area contributed by atoms with Crippen LogP contribution in [0.3, 0.4) is 0 Å². The number of carbonyl (C=O) groups is 1. The summed E-state index contributed by atoms with van der Waals surface area (Å²) >= 11 is 0. The van der Waals surface area contributed by atoms with Crippen molar-refractivity contribution in [1.29, 1.82) is 0 Å². The summed E-state index contributed by atoms with van der Waals surface area (Å²) in [4.78, 5) is 14.2. The average molecular weight is 241 g/mol. The van der Waals surface area contributed by atoms with Gasteiger partial charge in [-0.15, -0.1) is 0 Å². The first-order valence-electron chi connectivity index (χ1n) is 6.62. The molecule has 0 radical (unpaired) electrons. The zero-order chi connectivity index (χ0) is 12.9. The van der Waals surface area contributed by atoms with E-state index >= 15 is 0 Å². The Morgan fingerprint density at radius 2 is 1.94 bits per heavy atom. The summed E-state index contributed by atoms with van der Waals surface area (Å²) in [6.45, 7) is 10.1. The van der Waals surface area contributed by atoms with Gasteiger partial charge in [0.15, 0.2) is 0 Å². The summed E-state index contributed by atoms with van der Waals surface area (Å²) < 4.78 is 0. The van der Waals surface area contributed by atoms with Gasteiger partial charge in [-0.3, -0.25) is 4.79 Å². The van der Waals surface area contributed by atoms with Crippen LogP contribution < -0.4 is 11.1 Å². The van der Waals surface area contributed by atoms with Crippen LogP contribution in [-0.2, 0) is 4.79 Å². The van der Waals surface area contributed by atoms with Crippen LogP contribution in [0, 0.1) is 5.41 Å². The van der Waals surface area contributed by atoms with Crippen molar-refractivity contribution in [2.45, 2.75) is 46.1 Å². The molecular weight excluding hydrogens is 214 g/mol. The van der Waals surface area contributed by atoms with Crippen molar-refractivity contribution < 1.29 is 4.79 Å². The zero-order valence-corrected chi connectivity index (χ0v) is 11.5. The highest BCUT2D eigenvalue weighted by Gasteiger charge is 2.22. The summed E-state index contributed by atoms with van der Waals surface area (Å²) in [7, 11) is 0. The lowest BCUT2D eigenvalue weighted by Crippen LogP contribution is -2.46. The van der Waals surface area contributed by atoms with Crippen molar-refractivity contribution in [3.63, 3.8) is 0 Å². The van der Waals surface area contributed by atoms with Crippen molar-refractivity contribution in [3.8, 4) is 0 Å². The Hall–Kier alpha value is -0.610. The van der Waals surface area contributed by atoms with Gasteiger partial charge in [-0.2, -0.15) is 0 Å². The Kier molecular flexibility index (Phi) is 5.40. The molecule has 1 aliphatic heterocycles. The van der Waals surface area contributed by atoms with E-state index in [1.54, 1.807) is 0 Å². The summed E-state index contributed by atoms with van der Waals surface area (Å²) in [5.74, 6) is 0.190. The van der Waals surface area contributed by atoms with Gasteiger partial charge in [0, 0.05) is 38.6 Å². The molecule has 0 bridgehead atoms. The maximum atomic E-state index is 11.8. The molecule has 17 heavy (non-hydrogen) atoms. The molecule has 100 valence electrons. The molecule has 1 aliphatic rings. The quantitative estimate of drug-likeness (QED) is 0.771. The van der Waals surface area contributed by atoms with E-state index in [1.165, 1.54) is 0 Å². The van der Waals surface area contributed by atoms with Gasteiger partial charge in [-0.05, 0) is 18.3 Å². The number of hydrogen-bond acceptors (Lipinski definition) is 3. The third kappa shape index (κ3) is 6.03. The van der Waals surface area contributed by atoms with Crippen molar-refractivity contribution >= 4 is 5.91 Å². The highest BCUT2D eigenvalue weighted by atomic mass is 16.1. The Morgan fingerprint density at radius 1 is 1.35 bits per heavy atom. The smallest absolute Gasteiger partial charge is 0.220 e. The fraction of sp³-hybridized carbons (Fsp3) is 0.923. The van der Waals surface area contributed by atoms with Crippen molar-refractivity contribution in [3.05, 3.63) is 0 Å². The van der Waals surface area contributed by atoms with Crippen LogP contribution in [0.2, 0.25) is 0 Å². The molecule has 1 heterocycles. The van der Waals surface area contributed by atoms with Gasteiger partial charge in [-0.25, -0.2) is 0 Å². The molecule has 1 amide bonds. The van der Waals surface area contributed by atoms with Crippen LogP contribution in [0.15, 0.2) is 0 Å². The van der Waals surface area contributed by atoms with Crippen molar-refractivity contribution in [2.24, 2.45) is 11.1 Å². The van der Waals surface area contributed by atoms with Crippen LogP contribution in [0.1, 0.15) is 40.0 Å². The number of hydrogen-bond donors (Lipinski definition) is 2. The molecule has 0 unspecified atom stereocenters. The molecular formula is C13H27N3O. The van der Waals surface area contributed by atoms with Gasteiger partial charge in [-0.1, -0.05) is 20.8 Å². The van der Waals surface area contributed by atoms with Crippen LogP contribution >= 0.6 is 0 Å². The maximum absolute atomic E-state index is 11.8. The van der Waals surface area contributed by atoms with Crippen LogP contribution in [-0.4, -0.2) is 43.0 Å². The summed E-state index contributed by atoms with van der Waals surface area (Å²) in [5.41, 5.74) is 5.61. The molecule has 4 heteroatoms. The van der Waals surface area contributed by atoms with Gasteiger partial charge in [0.25, 0.3) is 0 Å². The number of nitrogens with zero attached hydrogens (tertiary/aromatic N) is 1. The summed E-state index contributed by atoms with van der Waals surface area (Å²) in [5, 5.41) is 3.14. The van der Waals surface area contributed by atoms with Crippen LogP contribution in [0.25, 0.3) is 0 Å². The van der Waals surface area contributed by atoms with E-state index in [-0.39, 0.29) is 11.3 Å². The molecule has 3 N–H and O–H groups in total. The lowest BCUT2D eigenvalue weighted by Gasteiger charge is -2.32. The van der Waals surface area contributed by atoms with Gasteiger partial charge < -0.3 is 16.0 Å². The molecule has 0 saturated carbocycles. The lowest BCUT2D eigenvalue weighted by molar-refractivity contribution is -0.123. The second-order valence-corrected chi connectivity index (χ2v) is 6.21. The van der Waals surface area contributed by atoms with E-state index in [0.29, 0.717) is 12.5 Å². The first kappa shape index (κ1) is 14.5. The summed E-state index contributed by atoms with van der Waals surface area (Å²) in [6, 6.07) is 0.360. The fourth-order valence-electron chi connectivity index (χ4n) is 2.24. The molecule has 1 fully saturated rings. The highest BCUT2D eigenvalue weighted by Crippen LogP contribution is 2.18. The summed E-state index contributed by atoms with van der Waals surface area (Å²) in [6.07, 6.45) is 2.71. The van der Waals surface area contributed by atoms with Crippen molar-refractivity contribution in [1.82, 2.24) is 10.2 Å². The topological polar surface area (TPSA) is 58.4 Å². The predicted octanol–water partition coefficient (Wildman–Crippen LogP) is 0.962. The number of carbonyl (C=O) groups excluding carboxylic acids is 1. The SMILES string of the molecule is CC(C)(C)CC(=O)NC1CCN(CCN)CC1. The maximum Gasteiger partial charge on any atom is 0.220 e. The second kappa shape index (κ2) is 6.36. The van der Waals surface area contributed by atoms with E-state index in [4.69, 9.17) is 5.73 Å². The predicted molar refractivity (Wildman–Crippen MR) is 70.7 cm³/mol. The molecule has 0 spiro atoms. The van der Waals surface area contributed by atoms with Crippen LogP contribution in [0.5, 0.6) is 0 Å². The molecule has 0 aromatic heterocycles. The number of nitrogens with one attached hydrogen (secondary N) is 1. The highest BCUT2D eigenvalue weighted by molar-refractivity contribution is 5.76. The molecule has 1 saturated heterocycles. The Balaban J connectivity index is 2.24. The van der Waals surface area contributed by atoms with Gasteiger partial charge in [0.2, 0.25) is 5.91 Å². The Bertz CT molecular complexity index is 240. The average Bonchev–Trinajstić information content (AvgIpc) is 2.18. The molecule has 1 rings (SSSR count). The van der Waals surface area contributed by atoms with E-state index < -0.39 is 0 Å². The van der Waals surface area contributed by atoms with Crippen LogP contribution in [0.4, 0.5) is 0 Å². The first-order valence-corrected chi connectivity index (χ1v) is 6.62. The van der Waals surface area contributed by atoms with Crippen molar-refractivity contribution in [2.75, 3.05) is 26.2 Å². The van der Waals surface area contributed by atoms with E-state index in [2.05, 4.69) is 31.0 Å². The monoisotopic (exact) mass is 241 g/mol. The van der Waals surface area contributed by atoms with Gasteiger partial charge in [0.1, 0.15) is 0 Å². The minimum absolute atomic E-state index is 0.0737. The number of nitrogens with two attached hydrogens (primary N) is 1. The van der Waals surface area contributed by atoms with Gasteiger partial charge >= 0.3 is 0 Å². The number of piperidine rings is 1. The second-order valence-electron chi connectivity index (χ2n) is 6.21. The number of likely N-dealkylation sites (tertiary alicyclic amines) is 1. The number of rotatable bonds is 4. The largest absolute Gasteiger partial charge is 0.353 e. The standard InChI is InChI=1S/C13H27N3O/c1-13(2,3)10-12(17)15-11-4-7-16(8-5-11)9-6-14/h11H,4-10,14H2,1-3H3,(H,15,17). The molecule has 0 atom stereocenters. The third-order valence-electron chi connectivity index (χ3n) is 3.09. The minimum Gasteiger partial charge on any atom is -0.353 e. The third-order valence-corrected chi connectivity index (χ3v) is 3.09. The molecule has 0 aromatic rings. The van der Waals surface area contributed by atoms with E-state index in [0.717, 1.165) is 39.0 Å². The normalized spacial score (nSPS) is 19.3. The number of amides is 1. The van der Waals surface area contributed by atoms with Gasteiger partial charge in [0.05, 0.1) is 0 Å². The first-order chi connectivity index (χ1) is 7.90.